The van der Waals surface area contributed by atoms with Crippen molar-refractivity contribution in [1.29, 1.82) is 0 Å². The van der Waals surface area contributed by atoms with Gasteiger partial charge in [0.1, 0.15) is 0 Å². The first-order valence-electron chi connectivity index (χ1n) is 6.22. The fourth-order valence-corrected chi connectivity index (χ4v) is 1.76. The highest BCUT2D eigenvalue weighted by atomic mass is 16.4. The molecule has 20 heavy (non-hydrogen) atoms. The van der Waals surface area contributed by atoms with Crippen molar-refractivity contribution in [2.75, 3.05) is 0 Å². The number of rotatable bonds is 5. The Bertz CT molecular complexity index is 652. The van der Waals surface area contributed by atoms with E-state index in [1.54, 1.807) is 19.2 Å². The van der Waals surface area contributed by atoms with Gasteiger partial charge in [0, 0.05) is 17.9 Å². The average Bonchev–Trinajstić information content (AvgIpc) is 2.83. The first-order chi connectivity index (χ1) is 9.51. The van der Waals surface area contributed by atoms with E-state index in [1.165, 1.54) is 4.52 Å². The molecule has 106 valence electrons. The number of aromatic nitrogens is 4. The SMILES string of the molecule is CCC(CC(=O)O)NC(=O)c1nc2nccc(C)n2n1. The largest absolute Gasteiger partial charge is 0.481 e. The number of hydrogen-bond donors (Lipinski definition) is 2. The number of hydrogen-bond acceptors (Lipinski definition) is 5. The Morgan fingerprint density at radius 2 is 2.25 bits per heavy atom. The molecule has 0 aliphatic carbocycles. The van der Waals surface area contributed by atoms with E-state index >= 15 is 0 Å². The second-order valence-corrected chi connectivity index (χ2v) is 4.41. The van der Waals surface area contributed by atoms with E-state index in [2.05, 4.69) is 20.4 Å². The van der Waals surface area contributed by atoms with Gasteiger partial charge in [-0.2, -0.15) is 4.98 Å². The van der Waals surface area contributed by atoms with Crippen LogP contribution in [0.4, 0.5) is 0 Å². The van der Waals surface area contributed by atoms with Gasteiger partial charge in [-0.05, 0) is 19.4 Å². The molecule has 0 aromatic carbocycles. The minimum absolute atomic E-state index is 0.0179. The molecule has 1 atom stereocenters. The summed E-state index contributed by atoms with van der Waals surface area (Å²) in [6.45, 7) is 3.63. The predicted molar refractivity (Wildman–Crippen MR) is 69.3 cm³/mol. The first kappa shape index (κ1) is 13.9. The molecule has 2 rings (SSSR count). The second kappa shape index (κ2) is 5.64. The lowest BCUT2D eigenvalue weighted by atomic mass is 10.1. The summed E-state index contributed by atoms with van der Waals surface area (Å²) in [5, 5.41) is 15.4. The number of carboxylic acids is 1. The lowest BCUT2D eigenvalue weighted by Gasteiger charge is -2.12. The molecule has 2 N–H and O–H groups in total. The second-order valence-electron chi connectivity index (χ2n) is 4.41. The van der Waals surface area contributed by atoms with Crippen LogP contribution in [-0.2, 0) is 4.79 Å². The topological polar surface area (TPSA) is 109 Å². The third-order valence-electron chi connectivity index (χ3n) is 2.88. The smallest absolute Gasteiger partial charge is 0.305 e. The Labute approximate surface area is 114 Å². The number of aliphatic carboxylic acids is 1. The Morgan fingerprint density at radius 3 is 2.85 bits per heavy atom. The van der Waals surface area contributed by atoms with Crippen molar-refractivity contribution < 1.29 is 14.7 Å². The Morgan fingerprint density at radius 1 is 1.50 bits per heavy atom. The van der Waals surface area contributed by atoms with Crippen LogP contribution >= 0.6 is 0 Å². The number of fused-ring (bicyclic) bond motifs is 1. The predicted octanol–water partition coefficient (Wildman–Crippen LogP) is 0.416. The van der Waals surface area contributed by atoms with Gasteiger partial charge in [0.25, 0.3) is 11.7 Å². The van der Waals surface area contributed by atoms with E-state index in [9.17, 15) is 9.59 Å². The molecule has 2 aromatic rings. The summed E-state index contributed by atoms with van der Waals surface area (Å²) in [7, 11) is 0. The normalized spacial score (nSPS) is 12.3. The van der Waals surface area contributed by atoms with Crippen LogP contribution in [0.25, 0.3) is 5.78 Å². The molecule has 2 aromatic heterocycles. The van der Waals surface area contributed by atoms with Crippen LogP contribution in [0, 0.1) is 6.92 Å². The average molecular weight is 277 g/mol. The Balaban J connectivity index is 2.18. The molecule has 0 spiro atoms. The van der Waals surface area contributed by atoms with Crippen molar-refractivity contribution in [1.82, 2.24) is 24.9 Å². The summed E-state index contributed by atoms with van der Waals surface area (Å²) in [6.07, 6.45) is 1.97. The maximum absolute atomic E-state index is 12.0. The highest BCUT2D eigenvalue weighted by molar-refractivity contribution is 5.91. The van der Waals surface area contributed by atoms with Crippen LogP contribution in [0.3, 0.4) is 0 Å². The third-order valence-corrected chi connectivity index (χ3v) is 2.88. The number of nitrogens with zero attached hydrogens (tertiary/aromatic N) is 4. The molecule has 1 amide bonds. The van der Waals surface area contributed by atoms with Crippen molar-refractivity contribution in [2.24, 2.45) is 0 Å². The lowest BCUT2D eigenvalue weighted by Crippen LogP contribution is -2.36. The van der Waals surface area contributed by atoms with Gasteiger partial charge < -0.3 is 10.4 Å². The molecule has 0 saturated heterocycles. The van der Waals surface area contributed by atoms with Crippen molar-refractivity contribution in [3.8, 4) is 0 Å². The van der Waals surface area contributed by atoms with Gasteiger partial charge in [-0.15, -0.1) is 5.10 Å². The lowest BCUT2D eigenvalue weighted by molar-refractivity contribution is -0.137. The molecular formula is C12H15N5O3. The fraction of sp³-hybridized carbons (Fsp3) is 0.417. The van der Waals surface area contributed by atoms with Gasteiger partial charge in [-0.3, -0.25) is 9.59 Å². The minimum Gasteiger partial charge on any atom is -0.481 e. The van der Waals surface area contributed by atoms with E-state index in [0.29, 0.717) is 12.2 Å². The molecule has 0 aliphatic heterocycles. The van der Waals surface area contributed by atoms with E-state index in [1.807, 2.05) is 6.92 Å². The van der Waals surface area contributed by atoms with Crippen molar-refractivity contribution >= 4 is 17.7 Å². The molecule has 1 unspecified atom stereocenters. The van der Waals surface area contributed by atoms with Gasteiger partial charge in [0.05, 0.1) is 6.42 Å². The van der Waals surface area contributed by atoms with Gasteiger partial charge in [-0.25, -0.2) is 9.50 Å². The zero-order valence-electron chi connectivity index (χ0n) is 11.2. The molecule has 0 bridgehead atoms. The maximum atomic E-state index is 12.0. The van der Waals surface area contributed by atoms with Crippen molar-refractivity contribution in [3.05, 3.63) is 23.8 Å². The zero-order chi connectivity index (χ0) is 14.7. The summed E-state index contributed by atoms with van der Waals surface area (Å²) < 4.78 is 1.47. The zero-order valence-corrected chi connectivity index (χ0v) is 11.2. The van der Waals surface area contributed by atoms with E-state index in [-0.39, 0.29) is 12.2 Å². The van der Waals surface area contributed by atoms with Crippen LogP contribution in [0.1, 0.15) is 36.1 Å². The number of amides is 1. The summed E-state index contributed by atoms with van der Waals surface area (Å²) in [5.74, 6) is -1.14. The van der Waals surface area contributed by atoms with E-state index in [4.69, 9.17) is 5.11 Å². The molecule has 8 heteroatoms. The van der Waals surface area contributed by atoms with Gasteiger partial charge in [0.2, 0.25) is 5.82 Å². The molecule has 8 nitrogen and oxygen atoms in total. The quantitative estimate of drug-likeness (QED) is 0.819. The standard InChI is InChI=1S/C12H15N5O3/c1-3-8(6-9(18)19)14-11(20)10-15-12-13-5-4-7(2)17(12)16-10/h4-5,8H,3,6H2,1-2H3,(H,14,20)(H,18,19). The summed E-state index contributed by atoms with van der Waals surface area (Å²) in [5.41, 5.74) is 0.805. The minimum atomic E-state index is -0.961. The van der Waals surface area contributed by atoms with Gasteiger partial charge >= 0.3 is 5.97 Å². The number of carbonyl (C=O) groups excluding carboxylic acids is 1. The molecular weight excluding hydrogens is 262 g/mol. The van der Waals surface area contributed by atoms with E-state index in [0.717, 1.165) is 5.69 Å². The summed E-state index contributed by atoms with van der Waals surface area (Å²) >= 11 is 0. The van der Waals surface area contributed by atoms with Crippen LogP contribution in [0.2, 0.25) is 0 Å². The third kappa shape index (κ3) is 2.90. The van der Waals surface area contributed by atoms with Crippen molar-refractivity contribution in [3.63, 3.8) is 0 Å². The molecule has 2 heterocycles. The summed E-state index contributed by atoms with van der Waals surface area (Å²) in [4.78, 5) is 30.7. The number of nitrogens with one attached hydrogen (secondary N) is 1. The molecule has 0 aliphatic rings. The fourth-order valence-electron chi connectivity index (χ4n) is 1.76. The highest BCUT2D eigenvalue weighted by Crippen LogP contribution is 2.04. The molecule has 0 fully saturated rings. The maximum Gasteiger partial charge on any atom is 0.305 e. The molecule has 0 radical (unpaired) electrons. The van der Waals surface area contributed by atoms with Crippen LogP contribution in [-0.4, -0.2) is 42.6 Å². The van der Waals surface area contributed by atoms with E-state index < -0.39 is 17.9 Å². The van der Waals surface area contributed by atoms with Crippen LogP contribution in [0.5, 0.6) is 0 Å². The van der Waals surface area contributed by atoms with Crippen LogP contribution in [0.15, 0.2) is 12.3 Å². The summed E-state index contributed by atoms with van der Waals surface area (Å²) in [6, 6.07) is 1.31. The highest BCUT2D eigenvalue weighted by Gasteiger charge is 2.19. The van der Waals surface area contributed by atoms with Gasteiger partial charge in [0.15, 0.2) is 0 Å². The van der Waals surface area contributed by atoms with Crippen LogP contribution < -0.4 is 5.32 Å². The number of carbonyl (C=O) groups is 2. The van der Waals surface area contributed by atoms with Gasteiger partial charge in [-0.1, -0.05) is 6.92 Å². The number of carboxylic acid groups (broad SMARTS) is 1. The number of aryl methyl sites for hydroxylation is 1. The monoisotopic (exact) mass is 277 g/mol. The molecule has 0 saturated carbocycles. The Kier molecular flexibility index (Phi) is 3.92. The van der Waals surface area contributed by atoms with Crippen molar-refractivity contribution in [2.45, 2.75) is 32.7 Å². The first-order valence-corrected chi connectivity index (χ1v) is 6.22. The Hall–Kier alpha value is -2.51.